The van der Waals surface area contributed by atoms with E-state index in [0.717, 1.165) is 41.3 Å². The van der Waals surface area contributed by atoms with Gasteiger partial charge in [0.2, 0.25) is 5.91 Å². The second-order valence-corrected chi connectivity index (χ2v) is 7.50. The predicted molar refractivity (Wildman–Crippen MR) is 120 cm³/mol. The molecule has 6 nitrogen and oxygen atoms in total. The van der Waals surface area contributed by atoms with E-state index in [1.807, 2.05) is 67.1 Å². The molecule has 0 atom stereocenters. The van der Waals surface area contributed by atoms with Crippen LogP contribution in [0.3, 0.4) is 0 Å². The number of aromatic hydroxyl groups is 1. The standard InChI is InChI=1S/C24H30N4O2/c1-4-15-27(17-20-10-8-9-13-22(20)29)16-14-23(30)25-24-18(2)26-28(19(24)3)21-11-6-5-7-12-21/h5-13,29H,4,14-17H2,1-3H3,(H,25,30). The summed E-state index contributed by atoms with van der Waals surface area (Å²) in [5.41, 5.74) is 4.32. The third-order valence-corrected chi connectivity index (χ3v) is 5.14. The SMILES string of the molecule is CCCN(CCC(=O)Nc1c(C)nn(-c2ccccc2)c1C)Cc1ccccc1O. The van der Waals surface area contributed by atoms with Gasteiger partial charge in [-0.15, -0.1) is 0 Å². The van der Waals surface area contributed by atoms with E-state index in [9.17, 15) is 9.90 Å². The highest BCUT2D eigenvalue weighted by molar-refractivity contribution is 5.92. The van der Waals surface area contributed by atoms with Crippen molar-refractivity contribution in [1.29, 1.82) is 0 Å². The minimum atomic E-state index is -0.0350. The number of amides is 1. The lowest BCUT2D eigenvalue weighted by Gasteiger charge is -2.22. The number of hydrogen-bond donors (Lipinski definition) is 2. The highest BCUT2D eigenvalue weighted by atomic mass is 16.3. The van der Waals surface area contributed by atoms with Crippen molar-refractivity contribution in [2.24, 2.45) is 0 Å². The van der Waals surface area contributed by atoms with Crippen LogP contribution in [-0.4, -0.2) is 38.8 Å². The summed E-state index contributed by atoms with van der Waals surface area (Å²) in [7, 11) is 0. The number of nitrogens with one attached hydrogen (secondary N) is 1. The minimum absolute atomic E-state index is 0.0350. The topological polar surface area (TPSA) is 70.4 Å². The van der Waals surface area contributed by atoms with Gasteiger partial charge in [0.1, 0.15) is 5.75 Å². The molecule has 0 unspecified atom stereocenters. The predicted octanol–water partition coefficient (Wildman–Crippen LogP) is 4.44. The number of hydrogen-bond acceptors (Lipinski definition) is 4. The van der Waals surface area contributed by atoms with Crippen LogP contribution < -0.4 is 5.32 Å². The largest absolute Gasteiger partial charge is 0.508 e. The maximum absolute atomic E-state index is 12.7. The molecule has 158 valence electrons. The Bertz CT molecular complexity index is 982. The maximum atomic E-state index is 12.7. The molecule has 0 fully saturated rings. The zero-order valence-electron chi connectivity index (χ0n) is 17.9. The summed E-state index contributed by atoms with van der Waals surface area (Å²) >= 11 is 0. The number of nitrogens with zero attached hydrogens (tertiary/aromatic N) is 3. The normalized spacial score (nSPS) is 11.1. The fraction of sp³-hybridized carbons (Fsp3) is 0.333. The van der Waals surface area contributed by atoms with Gasteiger partial charge in [-0.25, -0.2) is 4.68 Å². The Hall–Kier alpha value is -3.12. The van der Waals surface area contributed by atoms with E-state index in [4.69, 9.17) is 0 Å². The van der Waals surface area contributed by atoms with E-state index in [0.29, 0.717) is 25.3 Å². The third-order valence-electron chi connectivity index (χ3n) is 5.14. The number of carbonyl (C=O) groups is 1. The van der Waals surface area contributed by atoms with E-state index in [1.165, 1.54) is 0 Å². The van der Waals surface area contributed by atoms with Crippen LogP contribution in [0.4, 0.5) is 5.69 Å². The lowest BCUT2D eigenvalue weighted by atomic mass is 10.1. The second-order valence-electron chi connectivity index (χ2n) is 7.50. The molecular formula is C24H30N4O2. The van der Waals surface area contributed by atoms with Crippen molar-refractivity contribution in [3.63, 3.8) is 0 Å². The van der Waals surface area contributed by atoms with Crippen molar-refractivity contribution in [3.8, 4) is 11.4 Å². The number of aryl methyl sites for hydroxylation is 1. The van der Waals surface area contributed by atoms with Crippen LogP contribution in [0.2, 0.25) is 0 Å². The van der Waals surface area contributed by atoms with E-state index >= 15 is 0 Å². The summed E-state index contributed by atoms with van der Waals surface area (Å²) in [4.78, 5) is 14.9. The molecule has 3 rings (SSSR count). The molecule has 0 radical (unpaired) electrons. The smallest absolute Gasteiger partial charge is 0.225 e. The Morgan fingerprint density at radius 1 is 1.07 bits per heavy atom. The minimum Gasteiger partial charge on any atom is -0.508 e. The fourth-order valence-electron chi connectivity index (χ4n) is 3.58. The van der Waals surface area contributed by atoms with Crippen molar-refractivity contribution in [1.82, 2.24) is 14.7 Å². The number of carbonyl (C=O) groups excluding carboxylic acids is 1. The van der Waals surface area contributed by atoms with Gasteiger partial charge >= 0.3 is 0 Å². The number of anilines is 1. The average molecular weight is 407 g/mol. The molecule has 3 aromatic rings. The molecule has 1 heterocycles. The Kier molecular flexibility index (Phi) is 7.25. The Morgan fingerprint density at radius 3 is 2.47 bits per heavy atom. The molecule has 0 bridgehead atoms. The first kappa shape index (κ1) is 21.6. The lowest BCUT2D eigenvalue weighted by molar-refractivity contribution is -0.116. The lowest BCUT2D eigenvalue weighted by Crippen LogP contribution is -2.28. The molecule has 2 aromatic carbocycles. The molecular weight excluding hydrogens is 376 g/mol. The van der Waals surface area contributed by atoms with Crippen LogP contribution in [0.1, 0.15) is 36.7 Å². The van der Waals surface area contributed by atoms with Crippen molar-refractivity contribution in [3.05, 3.63) is 71.5 Å². The molecule has 1 amide bonds. The van der Waals surface area contributed by atoms with Gasteiger partial charge in [-0.05, 0) is 45.0 Å². The van der Waals surface area contributed by atoms with Gasteiger partial charge in [0.15, 0.2) is 0 Å². The highest BCUT2D eigenvalue weighted by Crippen LogP contribution is 2.23. The van der Waals surface area contributed by atoms with Crippen molar-refractivity contribution in [2.45, 2.75) is 40.2 Å². The van der Waals surface area contributed by atoms with Crippen LogP contribution in [0.25, 0.3) is 5.69 Å². The number of phenolic OH excluding ortho intramolecular Hbond substituents is 1. The number of para-hydroxylation sites is 2. The number of benzene rings is 2. The number of phenols is 1. The first-order chi connectivity index (χ1) is 14.5. The summed E-state index contributed by atoms with van der Waals surface area (Å²) < 4.78 is 1.85. The van der Waals surface area contributed by atoms with Gasteiger partial charge in [0.25, 0.3) is 0 Å². The average Bonchev–Trinajstić information content (AvgIpc) is 3.02. The Labute approximate surface area is 178 Å². The summed E-state index contributed by atoms with van der Waals surface area (Å²) in [5.74, 6) is 0.259. The van der Waals surface area contributed by atoms with Crippen molar-refractivity contribution in [2.75, 3.05) is 18.4 Å². The van der Waals surface area contributed by atoms with E-state index in [-0.39, 0.29) is 5.91 Å². The Balaban J connectivity index is 1.63. The first-order valence-electron chi connectivity index (χ1n) is 10.4. The number of rotatable bonds is 9. The zero-order valence-corrected chi connectivity index (χ0v) is 17.9. The molecule has 0 aliphatic rings. The summed E-state index contributed by atoms with van der Waals surface area (Å²) in [6.07, 6.45) is 1.36. The van der Waals surface area contributed by atoms with Gasteiger partial charge in [-0.3, -0.25) is 9.69 Å². The highest BCUT2D eigenvalue weighted by Gasteiger charge is 2.16. The van der Waals surface area contributed by atoms with Gasteiger partial charge in [0.05, 0.1) is 22.8 Å². The van der Waals surface area contributed by atoms with Crippen molar-refractivity contribution >= 4 is 11.6 Å². The third kappa shape index (κ3) is 5.27. The van der Waals surface area contributed by atoms with Crippen LogP contribution in [-0.2, 0) is 11.3 Å². The molecule has 1 aromatic heterocycles. The molecule has 30 heavy (non-hydrogen) atoms. The summed E-state index contributed by atoms with van der Waals surface area (Å²) in [6.45, 7) is 8.10. The molecule has 0 spiro atoms. The quantitative estimate of drug-likeness (QED) is 0.551. The van der Waals surface area contributed by atoms with Crippen LogP contribution in [0.5, 0.6) is 5.75 Å². The van der Waals surface area contributed by atoms with Gasteiger partial charge in [-0.2, -0.15) is 5.10 Å². The molecule has 0 saturated carbocycles. The van der Waals surface area contributed by atoms with E-state index in [1.54, 1.807) is 6.07 Å². The number of aromatic nitrogens is 2. The Morgan fingerprint density at radius 2 is 1.77 bits per heavy atom. The first-order valence-corrected chi connectivity index (χ1v) is 10.4. The zero-order chi connectivity index (χ0) is 21.5. The molecule has 0 saturated heterocycles. The summed E-state index contributed by atoms with van der Waals surface area (Å²) in [5, 5.41) is 17.7. The van der Waals surface area contributed by atoms with Gasteiger partial charge in [-0.1, -0.05) is 43.3 Å². The molecule has 6 heteroatoms. The van der Waals surface area contributed by atoms with Crippen LogP contribution >= 0.6 is 0 Å². The maximum Gasteiger partial charge on any atom is 0.225 e. The molecule has 2 N–H and O–H groups in total. The van der Waals surface area contributed by atoms with Gasteiger partial charge < -0.3 is 10.4 Å². The van der Waals surface area contributed by atoms with Crippen molar-refractivity contribution < 1.29 is 9.90 Å². The van der Waals surface area contributed by atoms with E-state index < -0.39 is 0 Å². The summed E-state index contributed by atoms with van der Waals surface area (Å²) in [6, 6.07) is 17.2. The van der Waals surface area contributed by atoms with Crippen LogP contribution in [0, 0.1) is 13.8 Å². The van der Waals surface area contributed by atoms with E-state index in [2.05, 4.69) is 22.2 Å². The molecule has 0 aliphatic carbocycles. The van der Waals surface area contributed by atoms with Gasteiger partial charge in [0, 0.05) is 25.1 Å². The fourth-order valence-corrected chi connectivity index (χ4v) is 3.58. The second kappa shape index (κ2) is 10.1. The van der Waals surface area contributed by atoms with Crippen LogP contribution in [0.15, 0.2) is 54.6 Å². The monoisotopic (exact) mass is 406 g/mol. The molecule has 0 aliphatic heterocycles.